The standard InChI is InChI=1S/C11H15FN2.C2H2O4/c12-11-3-1-10(2-4-11)9-14-7-5-13-6-8-14;3-1(4)2(5)6/h1-4,13H,5-9H2;(H,3,4)(H,5,6). The lowest BCUT2D eigenvalue weighted by atomic mass is 10.2. The average Bonchev–Trinajstić information content (AvgIpc) is 2.43. The van der Waals surface area contributed by atoms with Crippen molar-refractivity contribution >= 4 is 11.9 Å². The van der Waals surface area contributed by atoms with Gasteiger partial charge in [0.15, 0.2) is 0 Å². The van der Waals surface area contributed by atoms with Crippen LogP contribution in [-0.2, 0) is 16.1 Å². The molecule has 0 spiro atoms. The van der Waals surface area contributed by atoms with Crippen molar-refractivity contribution in [3.8, 4) is 0 Å². The number of carbonyl (C=O) groups is 2. The Labute approximate surface area is 115 Å². The molecule has 110 valence electrons. The van der Waals surface area contributed by atoms with Gasteiger partial charge >= 0.3 is 11.9 Å². The molecule has 1 heterocycles. The van der Waals surface area contributed by atoms with E-state index in [1.165, 1.54) is 17.7 Å². The summed E-state index contributed by atoms with van der Waals surface area (Å²) in [5.74, 6) is -3.81. The molecule has 0 radical (unpaired) electrons. The van der Waals surface area contributed by atoms with Gasteiger partial charge in [-0.1, -0.05) is 12.1 Å². The van der Waals surface area contributed by atoms with Crippen LogP contribution in [0, 0.1) is 5.82 Å². The SMILES string of the molecule is Fc1ccc(CN2CCNCC2)cc1.O=C(O)C(=O)O. The highest BCUT2D eigenvalue weighted by atomic mass is 19.1. The van der Waals surface area contributed by atoms with Gasteiger partial charge in [-0.25, -0.2) is 14.0 Å². The number of benzene rings is 1. The first kappa shape index (κ1) is 16.1. The number of hydrogen-bond acceptors (Lipinski definition) is 4. The van der Waals surface area contributed by atoms with Crippen LogP contribution in [0.25, 0.3) is 0 Å². The average molecular weight is 284 g/mol. The van der Waals surface area contributed by atoms with E-state index in [9.17, 15) is 4.39 Å². The van der Waals surface area contributed by atoms with Crippen molar-refractivity contribution in [2.75, 3.05) is 26.2 Å². The van der Waals surface area contributed by atoms with E-state index < -0.39 is 11.9 Å². The fourth-order valence-corrected chi connectivity index (χ4v) is 1.72. The Balaban J connectivity index is 0.000000286. The smallest absolute Gasteiger partial charge is 0.414 e. The van der Waals surface area contributed by atoms with E-state index in [1.807, 2.05) is 12.1 Å². The van der Waals surface area contributed by atoms with Gasteiger partial charge < -0.3 is 15.5 Å². The van der Waals surface area contributed by atoms with Crippen molar-refractivity contribution in [1.82, 2.24) is 10.2 Å². The predicted octanol–water partition coefficient (Wildman–Crippen LogP) is 0.386. The summed E-state index contributed by atoms with van der Waals surface area (Å²) >= 11 is 0. The van der Waals surface area contributed by atoms with Gasteiger partial charge in [0.05, 0.1) is 0 Å². The first-order valence-electron chi connectivity index (χ1n) is 6.13. The molecule has 2 rings (SSSR count). The quantitative estimate of drug-likeness (QED) is 0.681. The molecule has 0 amide bonds. The maximum Gasteiger partial charge on any atom is 0.414 e. The summed E-state index contributed by atoms with van der Waals surface area (Å²) in [6, 6.07) is 6.77. The molecule has 1 fully saturated rings. The number of hydrogen-bond donors (Lipinski definition) is 3. The highest BCUT2D eigenvalue weighted by Gasteiger charge is 2.09. The Kier molecular flexibility index (Phi) is 6.61. The lowest BCUT2D eigenvalue weighted by molar-refractivity contribution is -0.159. The Morgan fingerprint density at radius 3 is 2.05 bits per heavy atom. The summed E-state index contributed by atoms with van der Waals surface area (Å²) in [4.78, 5) is 20.6. The van der Waals surface area contributed by atoms with Gasteiger partial charge in [0.1, 0.15) is 5.82 Å². The third kappa shape index (κ3) is 6.26. The Morgan fingerprint density at radius 1 is 1.10 bits per heavy atom. The van der Waals surface area contributed by atoms with Crippen molar-refractivity contribution in [2.45, 2.75) is 6.54 Å². The van der Waals surface area contributed by atoms with Crippen LogP contribution in [0.3, 0.4) is 0 Å². The van der Waals surface area contributed by atoms with E-state index in [0.29, 0.717) is 0 Å². The number of piperazine rings is 1. The van der Waals surface area contributed by atoms with Crippen molar-refractivity contribution in [1.29, 1.82) is 0 Å². The third-order valence-corrected chi connectivity index (χ3v) is 2.71. The number of carboxylic acid groups (broad SMARTS) is 2. The Hall–Kier alpha value is -1.99. The zero-order valence-corrected chi connectivity index (χ0v) is 10.9. The maximum absolute atomic E-state index is 12.6. The molecule has 6 nitrogen and oxygen atoms in total. The molecule has 0 aliphatic carbocycles. The molecule has 0 aromatic heterocycles. The Morgan fingerprint density at radius 2 is 1.60 bits per heavy atom. The van der Waals surface area contributed by atoms with Crippen LogP contribution in [0.4, 0.5) is 4.39 Å². The second-order valence-corrected chi connectivity index (χ2v) is 4.26. The van der Waals surface area contributed by atoms with E-state index in [-0.39, 0.29) is 5.82 Å². The fraction of sp³-hybridized carbons (Fsp3) is 0.385. The highest BCUT2D eigenvalue weighted by Crippen LogP contribution is 2.06. The van der Waals surface area contributed by atoms with Gasteiger partial charge in [0.2, 0.25) is 0 Å². The minimum absolute atomic E-state index is 0.158. The first-order chi connectivity index (χ1) is 9.49. The van der Waals surface area contributed by atoms with Crippen LogP contribution in [0.1, 0.15) is 5.56 Å². The maximum atomic E-state index is 12.6. The van der Waals surface area contributed by atoms with E-state index in [0.717, 1.165) is 32.7 Å². The largest absolute Gasteiger partial charge is 0.473 e. The summed E-state index contributed by atoms with van der Waals surface area (Å²) in [5, 5.41) is 18.1. The highest BCUT2D eigenvalue weighted by molar-refractivity contribution is 6.27. The molecule has 20 heavy (non-hydrogen) atoms. The molecule has 0 saturated carbocycles. The van der Waals surface area contributed by atoms with Crippen LogP contribution >= 0.6 is 0 Å². The monoisotopic (exact) mass is 284 g/mol. The molecule has 1 aliphatic heterocycles. The number of rotatable bonds is 2. The second kappa shape index (κ2) is 8.23. The van der Waals surface area contributed by atoms with Crippen LogP contribution in [0.5, 0.6) is 0 Å². The van der Waals surface area contributed by atoms with Gasteiger partial charge in [-0.2, -0.15) is 0 Å². The van der Waals surface area contributed by atoms with Crippen molar-refractivity contribution in [2.24, 2.45) is 0 Å². The molecule has 1 aromatic carbocycles. The summed E-state index contributed by atoms with van der Waals surface area (Å²) in [6.07, 6.45) is 0. The fourth-order valence-electron chi connectivity index (χ4n) is 1.72. The molecule has 3 N–H and O–H groups in total. The zero-order chi connectivity index (χ0) is 15.0. The molecular formula is C13H17FN2O4. The molecule has 0 bridgehead atoms. The van der Waals surface area contributed by atoms with Gasteiger partial charge in [0, 0.05) is 32.7 Å². The first-order valence-corrected chi connectivity index (χ1v) is 6.13. The second-order valence-electron chi connectivity index (χ2n) is 4.26. The molecule has 0 unspecified atom stereocenters. The summed E-state index contributed by atoms with van der Waals surface area (Å²) < 4.78 is 12.6. The lowest BCUT2D eigenvalue weighted by Gasteiger charge is -2.27. The number of aliphatic carboxylic acids is 2. The molecule has 1 saturated heterocycles. The van der Waals surface area contributed by atoms with E-state index >= 15 is 0 Å². The lowest BCUT2D eigenvalue weighted by Crippen LogP contribution is -2.42. The summed E-state index contributed by atoms with van der Waals surface area (Å²) in [6.45, 7) is 5.21. The number of halogens is 1. The minimum Gasteiger partial charge on any atom is -0.473 e. The van der Waals surface area contributed by atoms with Crippen molar-refractivity contribution in [3.63, 3.8) is 0 Å². The van der Waals surface area contributed by atoms with E-state index in [1.54, 1.807) is 0 Å². The minimum atomic E-state index is -1.82. The normalized spacial score (nSPS) is 15.1. The molecule has 1 aliphatic rings. The van der Waals surface area contributed by atoms with Gasteiger partial charge in [-0.3, -0.25) is 4.90 Å². The number of nitrogens with zero attached hydrogens (tertiary/aromatic N) is 1. The number of nitrogens with one attached hydrogen (secondary N) is 1. The van der Waals surface area contributed by atoms with E-state index in [4.69, 9.17) is 19.8 Å². The van der Waals surface area contributed by atoms with Crippen molar-refractivity contribution in [3.05, 3.63) is 35.6 Å². The zero-order valence-electron chi connectivity index (χ0n) is 10.9. The van der Waals surface area contributed by atoms with Gasteiger partial charge in [-0.15, -0.1) is 0 Å². The van der Waals surface area contributed by atoms with Crippen LogP contribution in [0.15, 0.2) is 24.3 Å². The molecule has 1 aromatic rings. The molecule has 7 heteroatoms. The van der Waals surface area contributed by atoms with Crippen LogP contribution in [-0.4, -0.2) is 53.2 Å². The van der Waals surface area contributed by atoms with Crippen LogP contribution < -0.4 is 5.32 Å². The summed E-state index contributed by atoms with van der Waals surface area (Å²) in [5.41, 5.74) is 1.19. The van der Waals surface area contributed by atoms with E-state index in [2.05, 4.69) is 10.2 Å². The van der Waals surface area contributed by atoms with Gasteiger partial charge in [0.25, 0.3) is 0 Å². The van der Waals surface area contributed by atoms with Gasteiger partial charge in [-0.05, 0) is 17.7 Å². The third-order valence-electron chi connectivity index (χ3n) is 2.71. The van der Waals surface area contributed by atoms with Crippen molar-refractivity contribution < 1.29 is 24.2 Å². The predicted molar refractivity (Wildman–Crippen MR) is 69.8 cm³/mol. The Bertz CT molecular complexity index is 432. The molecule has 0 atom stereocenters. The summed E-state index contributed by atoms with van der Waals surface area (Å²) in [7, 11) is 0. The topological polar surface area (TPSA) is 89.9 Å². The number of carboxylic acids is 2. The van der Waals surface area contributed by atoms with Crippen LogP contribution in [0.2, 0.25) is 0 Å². The molecular weight excluding hydrogens is 267 g/mol.